The highest BCUT2D eigenvalue weighted by Gasteiger charge is 2.06. The quantitative estimate of drug-likeness (QED) is 0.497. The lowest BCUT2D eigenvalue weighted by Gasteiger charge is -2.12. The standard InChI is InChI=1S/C17H24N4O2/c1-3-5-6-7-10-23-16-9-8-15(11-17(16)22-4-2)12-20-21-13-18-19-14-21/h8-9,11-14H,3-7,10H2,1-2H3/b20-12-. The van der Waals surface area contributed by atoms with Crippen molar-refractivity contribution in [3.05, 3.63) is 36.4 Å². The van der Waals surface area contributed by atoms with Crippen molar-refractivity contribution in [1.29, 1.82) is 0 Å². The van der Waals surface area contributed by atoms with E-state index in [1.54, 1.807) is 10.9 Å². The predicted molar refractivity (Wildman–Crippen MR) is 90.3 cm³/mol. The number of unbranched alkanes of at least 4 members (excludes halogenated alkanes) is 3. The zero-order chi connectivity index (χ0) is 16.3. The average Bonchev–Trinajstić information content (AvgIpc) is 3.08. The van der Waals surface area contributed by atoms with Gasteiger partial charge in [-0.3, -0.25) is 0 Å². The summed E-state index contributed by atoms with van der Waals surface area (Å²) in [5, 5.41) is 11.6. The van der Waals surface area contributed by atoms with Gasteiger partial charge >= 0.3 is 0 Å². The number of hydrogen-bond acceptors (Lipinski definition) is 5. The number of aromatic nitrogens is 3. The van der Waals surface area contributed by atoms with Gasteiger partial charge in [0, 0.05) is 0 Å². The molecule has 1 aromatic heterocycles. The van der Waals surface area contributed by atoms with Gasteiger partial charge in [-0.05, 0) is 37.1 Å². The molecule has 0 spiro atoms. The fraction of sp³-hybridized carbons (Fsp3) is 0.471. The maximum atomic E-state index is 5.85. The third kappa shape index (κ3) is 5.73. The van der Waals surface area contributed by atoms with Crippen molar-refractivity contribution in [2.45, 2.75) is 39.5 Å². The number of nitrogens with zero attached hydrogens (tertiary/aromatic N) is 4. The minimum atomic E-state index is 0.595. The van der Waals surface area contributed by atoms with Crippen LogP contribution >= 0.6 is 0 Å². The smallest absolute Gasteiger partial charge is 0.161 e. The Bertz CT molecular complexity index is 597. The molecular weight excluding hydrogens is 292 g/mol. The van der Waals surface area contributed by atoms with E-state index in [4.69, 9.17) is 9.47 Å². The molecule has 2 rings (SSSR count). The van der Waals surface area contributed by atoms with Gasteiger partial charge in [0.25, 0.3) is 0 Å². The van der Waals surface area contributed by atoms with E-state index in [-0.39, 0.29) is 0 Å². The highest BCUT2D eigenvalue weighted by Crippen LogP contribution is 2.28. The summed E-state index contributed by atoms with van der Waals surface area (Å²) in [4.78, 5) is 0. The number of hydrogen-bond donors (Lipinski definition) is 0. The van der Waals surface area contributed by atoms with E-state index in [1.807, 2.05) is 25.1 Å². The summed E-state index contributed by atoms with van der Waals surface area (Å²) >= 11 is 0. The van der Waals surface area contributed by atoms with Crippen LogP contribution in [0.5, 0.6) is 11.5 Å². The maximum Gasteiger partial charge on any atom is 0.161 e. The zero-order valence-electron chi connectivity index (χ0n) is 13.8. The summed E-state index contributed by atoms with van der Waals surface area (Å²) < 4.78 is 13.1. The average molecular weight is 316 g/mol. The minimum Gasteiger partial charge on any atom is -0.490 e. The summed E-state index contributed by atoms with van der Waals surface area (Å²) in [5.41, 5.74) is 0.931. The maximum absolute atomic E-state index is 5.85. The molecule has 0 saturated carbocycles. The van der Waals surface area contributed by atoms with Crippen LogP contribution in [0.4, 0.5) is 0 Å². The van der Waals surface area contributed by atoms with E-state index in [2.05, 4.69) is 22.2 Å². The Morgan fingerprint density at radius 3 is 2.61 bits per heavy atom. The van der Waals surface area contributed by atoms with E-state index in [1.165, 1.54) is 31.9 Å². The first-order valence-corrected chi connectivity index (χ1v) is 8.12. The molecule has 2 aromatic rings. The Morgan fingerprint density at radius 1 is 1.04 bits per heavy atom. The Balaban J connectivity index is 1.99. The highest BCUT2D eigenvalue weighted by molar-refractivity contribution is 5.80. The monoisotopic (exact) mass is 316 g/mol. The SMILES string of the molecule is CCCCCCOc1ccc(/C=N\n2cnnc2)cc1OCC. The third-order valence-electron chi connectivity index (χ3n) is 3.27. The molecule has 0 atom stereocenters. The molecule has 0 bridgehead atoms. The molecule has 0 aliphatic heterocycles. The molecule has 0 amide bonds. The van der Waals surface area contributed by atoms with Gasteiger partial charge in [0.05, 0.1) is 19.4 Å². The van der Waals surface area contributed by atoms with Crippen molar-refractivity contribution in [1.82, 2.24) is 14.9 Å². The molecule has 0 fully saturated rings. The molecule has 0 saturated heterocycles. The van der Waals surface area contributed by atoms with Gasteiger partial charge < -0.3 is 9.47 Å². The topological polar surface area (TPSA) is 61.5 Å². The first-order valence-electron chi connectivity index (χ1n) is 8.12. The van der Waals surface area contributed by atoms with E-state index in [0.717, 1.165) is 23.5 Å². The van der Waals surface area contributed by atoms with Crippen LogP contribution in [0.2, 0.25) is 0 Å². The van der Waals surface area contributed by atoms with Crippen LogP contribution in [0.1, 0.15) is 45.1 Å². The van der Waals surface area contributed by atoms with Crippen molar-refractivity contribution >= 4 is 6.21 Å². The summed E-state index contributed by atoms with van der Waals surface area (Å²) in [6.07, 6.45) is 9.55. The van der Waals surface area contributed by atoms with E-state index in [9.17, 15) is 0 Å². The Labute approximate surface area is 137 Å². The first-order chi connectivity index (χ1) is 11.3. The molecule has 0 N–H and O–H groups in total. The number of rotatable bonds is 10. The minimum absolute atomic E-state index is 0.595. The molecule has 6 nitrogen and oxygen atoms in total. The van der Waals surface area contributed by atoms with Crippen LogP contribution in [-0.4, -0.2) is 34.3 Å². The van der Waals surface area contributed by atoms with Crippen molar-refractivity contribution in [2.75, 3.05) is 13.2 Å². The molecule has 6 heteroatoms. The van der Waals surface area contributed by atoms with Crippen LogP contribution < -0.4 is 9.47 Å². The van der Waals surface area contributed by atoms with Crippen LogP contribution in [0, 0.1) is 0 Å². The van der Waals surface area contributed by atoms with Crippen molar-refractivity contribution in [3.8, 4) is 11.5 Å². The third-order valence-corrected chi connectivity index (χ3v) is 3.27. The zero-order valence-corrected chi connectivity index (χ0v) is 13.8. The number of benzene rings is 1. The molecule has 0 unspecified atom stereocenters. The Hall–Kier alpha value is -2.37. The van der Waals surface area contributed by atoms with Crippen LogP contribution in [-0.2, 0) is 0 Å². The van der Waals surface area contributed by atoms with Crippen LogP contribution in [0.25, 0.3) is 0 Å². The van der Waals surface area contributed by atoms with Crippen LogP contribution in [0.15, 0.2) is 36.0 Å². The fourth-order valence-corrected chi connectivity index (χ4v) is 2.09. The van der Waals surface area contributed by atoms with Crippen molar-refractivity contribution in [2.24, 2.45) is 5.10 Å². The molecular formula is C17H24N4O2. The van der Waals surface area contributed by atoms with Gasteiger partial charge in [0.2, 0.25) is 0 Å². The summed E-state index contributed by atoms with van der Waals surface area (Å²) in [5.74, 6) is 1.53. The molecule has 0 aliphatic carbocycles. The molecule has 0 radical (unpaired) electrons. The van der Waals surface area contributed by atoms with Gasteiger partial charge in [-0.1, -0.05) is 26.2 Å². The second kappa shape index (κ2) is 9.61. The second-order valence-electron chi connectivity index (χ2n) is 5.13. The summed E-state index contributed by atoms with van der Waals surface area (Å²) in [7, 11) is 0. The Morgan fingerprint density at radius 2 is 1.87 bits per heavy atom. The number of ether oxygens (including phenoxy) is 2. The Kier molecular flexibility index (Phi) is 7.10. The van der Waals surface area contributed by atoms with E-state index < -0.39 is 0 Å². The molecule has 1 heterocycles. The van der Waals surface area contributed by atoms with Gasteiger partial charge in [0.15, 0.2) is 11.5 Å². The fourth-order valence-electron chi connectivity index (χ4n) is 2.09. The molecule has 1 aromatic carbocycles. The van der Waals surface area contributed by atoms with Gasteiger partial charge in [-0.25, -0.2) is 4.68 Å². The summed E-state index contributed by atoms with van der Waals surface area (Å²) in [6, 6.07) is 5.81. The van der Waals surface area contributed by atoms with Crippen LogP contribution in [0.3, 0.4) is 0 Å². The van der Waals surface area contributed by atoms with Crippen molar-refractivity contribution in [3.63, 3.8) is 0 Å². The molecule has 0 aliphatic rings. The van der Waals surface area contributed by atoms with Crippen molar-refractivity contribution < 1.29 is 9.47 Å². The second-order valence-corrected chi connectivity index (χ2v) is 5.13. The summed E-state index contributed by atoms with van der Waals surface area (Å²) in [6.45, 7) is 5.48. The normalized spacial score (nSPS) is 11.0. The lowest BCUT2D eigenvalue weighted by Crippen LogP contribution is -2.01. The molecule has 23 heavy (non-hydrogen) atoms. The highest BCUT2D eigenvalue weighted by atomic mass is 16.5. The van der Waals surface area contributed by atoms with Gasteiger partial charge in [0.1, 0.15) is 12.7 Å². The molecule has 124 valence electrons. The first kappa shape index (κ1) is 17.0. The van der Waals surface area contributed by atoms with Gasteiger partial charge in [-0.2, -0.15) is 5.10 Å². The predicted octanol–water partition coefficient (Wildman–Crippen LogP) is 3.52. The van der Waals surface area contributed by atoms with E-state index >= 15 is 0 Å². The van der Waals surface area contributed by atoms with E-state index in [0.29, 0.717) is 13.2 Å². The largest absolute Gasteiger partial charge is 0.490 e. The van der Waals surface area contributed by atoms with Gasteiger partial charge in [-0.15, -0.1) is 10.2 Å². The lowest BCUT2D eigenvalue weighted by atomic mass is 10.2. The lowest BCUT2D eigenvalue weighted by molar-refractivity contribution is 0.270.